The van der Waals surface area contributed by atoms with Crippen molar-refractivity contribution in [1.82, 2.24) is 9.88 Å². The molecule has 1 heterocycles. The van der Waals surface area contributed by atoms with Gasteiger partial charge in [-0.25, -0.2) is 9.37 Å². The molecule has 0 atom stereocenters. The number of aromatic nitrogens is 1. The molecule has 3 nitrogen and oxygen atoms in total. The smallest absolute Gasteiger partial charge is 0.274 e. The third-order valence-electron chi connectivity index (χ3n) is 5.75. The molecule has 1 aliphatic carbocycles. The minimum absolute atomic E-state index is 0.00147. The van der Waals surface area contributed by atoms with Gasteiger partial charge in [-0.05, 0) is 80.3 Å². The van der Waals surface area contributed by atoms with Crippen molar-refractivity contribution in [3.8, 4) is 10.4 Å². The maximum atomic E-state index is 13.6. The van der Waals surface area contributed by atoms with E-state index in [1.54, 1.807) is 23.5 Å². The lowest BCUT2D eigenvalue weighted by atomic mass is 10.0. The van der Waals surface area contributed by atoms with Crippen molar-refractivity contribution in [2.24, 2.45) is 5.92 Å². The van der Waals surface area contributed by atoms with Crippen LogP contribution in [0.1, 0.15) is 45.0 Å². The first kappa shape index (κ1) is 20.7. The summed E-state index contributed by atoms with van der Waals surface area (Å²) in [4.78, 5) is 21.1. The molecule has 0 aliphatic heterocycles. The summed E-state index contributed by atoms with van der Waals surface area (Å²) in [6.45, 7) is 7.52. The molecule has 0 bridgehead atoms. The van der Waals surface area contributed by atoms with Crippen LogP contribution in [0.5, 0.6) is 0 Å². The van der Waals surface area contributed by atoms with Crippen molar-refractivity contribution >= 4 is 17.2 Å². The van der Waals surface area contributed by atoms with Crippen molar-refractivity contribution in [2.45, 2.75) is 40.0 Å². The zero-order valence-electron chi connectivity index (χ0n) is 17.7. The Morgan fingerprint density at radius 3 is 2.50 bits per heavy atom. The SMILES string of the molecule is Cc1nc(C(=O)N(CCc2ccc(F)cc2)CC2CC2)c(-c2ccc(C)c(C)c2)s1. The van der Waals surface area contributed by atoms with E-state index in [4.69, 9.17) is 0 Å². The molecule has 1 fully saturated rings. The normalized spacial score (nSPS) is 13.5. The average molecular weight is 423 g/mol. The second-order valence-corrected chi connectivity index (χ2v) is 9.48. The largest absolute Gasteiger partial charge is 0.337 e. The monoisotopic (exact) mass is 422 g/mol. The Balaban J connectivity index is 1.59. The number of aryl methyl sites for hydroxylation is 3. The second-order valence-electron chi connectivity index (χ2n) is 8.28. The van der Waals surface area contributed by atoms with Gasteiger partial charge in [-0.2, -0.15) is 0 Å². The molecule has 1 saturated carbocycles. The highest BCUT2D eigenvalue weighted by molar-refractivity contribution is 7.15. The molecule has 0 radical (unpaired) electrons. The molecule has 1 aliphatic rings. The van der Waals surface area contributed by atoms with Crippen molar-refractivity contribution < 1.29 is 9.18 Å². The Labute approximate surface area is 181 Å². The lowest BCUT2D eigenvalue weighted by Crippen LogP contribution is -2.35. The molecule has 0 N–H and O–H groups in total. The highest BCUT2D eigenvalue weighted by Gasteiger charge is 2.30. The van der Waals surface area contributed by atoms with Gasteiger partial charge in [-0.1, -0.05) is 30.3 Å². The Morgan fingerprint density at radius 1 is 1.10 bits per heavy atom. The third-order valence-corrected chi connectivity index (χ3v) is 6.77. The lowest BCUT2D eigenvalue weighted by molar-refractivity contribution is 0.0745. The summed E-state index contributed by atoms with van der Waals surface area (Å²) in [6.07, 6.45) is 3.07. The van der Waals surface area contributed by atoms with Crippen LogP contribution in [0.15, 0.2) is 42.5 Å². The maximum absolute atomic E-state index is 13.6. The average Bonchev–Trinajstić information content (AvgIpc) is 3.47. The van der Waals surface area contributed by atoms with E-state index in [0.717, 1.165) is 27.6 Å². The van der Waals surface area contributed by atoms with Crippen LogP contribution in [0.4, 0.5) is 4.39 Å². The fourth-order valence-electron chi connectivity index (χ4n) is 3.60. The van der Waals surface area contributed by atoms with E-state index in [1.165, 1.54) is 36.1 Å². The summed E-state index contributed by atoms with van der Waals surface area (Å²) in [5.41, 5.74) is 5.09. The van der Waals surface area contributed by atoms with Crippen molar-refractivity contribution in [3.63, 3.8) is 0 Å². The summed E-state index contributed by atoms with van der Waals surface area (Å²) < 4.78 is 13.2. The highest BCUT2D eigenvalue weighted by atomic mass is 32.1. The van der Waals surface area contributed by atoms with E-state index in [2.05, 4.69) is 37.0 Å². The van der Waals surface area contributed by atoms with E-state index in [1.807, 2.05) is 11.8 Å². The Kier molecular flexibility index (Phi) is 6.00. The molecule has 156 valence electrons. The summed E-state index contributed by atoms with van der Waals surface area (Å²) in [5, 5.41) is 0.900. The van der Waals surface area contributed by atoms with E-state index < -0.39 is 0 Å². The van der Waals surface area contributed by atoms with Crippen LogP contribution in [0, 0.1) is 32.5 Å². The van der Waals surface area contributed by atoms with Gasteiger partial charge in [-0.15, -0.1) is 11.3 Å². The number of thiazole rings is 1. The van der Waals surface area contributed by atoms with Gasteiger partial charge in [-0.3, -0.25) is 4.79 Å². The second kappa shape index (κ2) is 8.68. The number of halogens is 1. The molecule has 0 spiro atoms. The molecule has 5 heteroatoms. The van der Waals surface area contributed by atoms with Gasteiger partial charge in [0.2, 0.25) is 0 Å². The lowest BCUT2D eigenvalue weighted by Gasteiger charge is -2.22. The third kappa shape index (κ3) is 4.78. The number of rotatable bonds is 7. The van der Waals surface area contributed by atoms with Crippen LogP contribution >= 0.6 is 11.3 Å². The maximum Gasteiger partial charge on any atom is 0.274 e. The van der Waals surface area contributed by atoms with E-state index >= 15 is 0 Å². The number of benzene rings is 2. The van der Waals surface area contributed by atoms with E-state index in [-0.39, 0.29) is 11.7 Å². The van der Waals surface area contributed by atoms with Crippen LogP contribution in [-0.4, -0.2) is 28.9 Å². The fourth-order valence-corrected chi connectivity index (χ4v) is 4.51. The Morgan fingerprint density at radius 2 is 1.83 bits per heavy atom. The minimum atomic E-state index is -0.236. The van der Waals surface area contributed by atoms with Gasteiger partial charge in [0, 0.05) is 13.1 Å². The van der Waals surface area contributed by atoms with Crippen molar-refractivity contribution in [2.75, 3.05) is 13.1 Å². The predicted molar refractivity (Wildman–Crippen MR) is 120 cm³/mol. The molecular formula is C25H27FN2OS. The number of carbonyl (C=O) groups excluding carboxylic acids is 1. The van der Waals surface area contributed by atoms with E-state index in [0.29, 0.717) is 24.6 Å². The van der Waals surface area contributed by atoms with E-state index in [9.17, 15) is 9.18 Å². The van der Waals surface area contributed by atoms with Crippen molar-refractivity contribution in [3.05, 3.63) is 75.7 Å². The zero-order valence-corrected chi connectivity index (χ0v) is 18.6. The van der Waals surface area contributed by atoms with Gasteiger partial charge >= 0.3 is 0 Å². The van der Waals surface area contributed by atoms with Crippen LogP contribution in [-0.2, 0) is 6.42 Å². The molecule has 0 saturated heterocycles. The van der Waals surface area contributed by atoms with Gasteiger partial charge in [0.25, 0.3) is 5.91 Å². The van der Waals surface area contributed by atoms with Gasteiger partial charge in [0.05, 0.1) is 9.88 Å². The molecule has 1 amide bonds. The number of hydrogen-bond acceptors (Lipinski definition) is 3. The zero-order chi connectivity index (χ0) is 21.3. The number of amides is 1. The van der Waals surface area contributed by atoms with Crippen LogP contribution in [0.2, 0.25) is 0 Å². The first-order valence-corrected chi connectivity index (χ1v) is 11.3. The first-order valence-electron chi connectivity index (χ1n) is 10.5. The van der Waals surface area contributed by atoms with Crippen molar-refractivity contribution in [1.29, 1.82) is 0 Å². The van der Waals surface area contributed by atoms with Crippen LogP contribution in [0.3, 0.4) is 0 Å². The topological polar surface area (TPSA) is 33.2 Å². The first-order chi connectivity index (χ1) is 14.4. The van der Waals surface area contributed by atoms with Crippen LogP contribution < -0.4 is 0 Å². The number of hydrogen-bond donors (Lipinski definition) is 0. The van der Waals surface area contributed by atoms with Crippen LogP contribution in [0.25, 0.3) is 10.4 Å². The molecule has 4 rings (SSSR count). The standard InChI is InChI=1S/C25H27FN2OS/c1-16-4-9-21(14-17(16)2)24-23(27-18(3)30-24)25(29)28(15-20-5-6-20)13-12-19-7-10-22(26)11-8-19/h4,7-11,14,20H,5-6,12-13,15H2,1-3H3. The molecule has 3 aromatic rings. The Bertz CT molecular complexity index is 1050. The molecule has 30 heavy (non-hydrogen) atoms. The predicted octanol–water partition coefficient (Wildman–Crippen LogP) is 5.97. The number of carbonyl (C=O) groups is 1. The highest BCUT2D eigenvalue weighted by Crippen LogP contribution is 2.34. The quantitative estimate of drug-likeness (QED) is 0.470. The summed E-state index contributed by atoms with van der Waals surface area (Å²) in [5.74, 6) is 0.356. The molecule has 2 aromatic carbocycles. The van der Waals surface area contributed by atoms with Gasteiger partial charge in [0.1, 0.15) is 11.5 Å². The number of nitrogens with zero attached hydrogens (tertiary/aromatic N) is 2. The summed E-state index contributed by atoms with van der Waals surface area (Å²) >= 11 is 1.58. The molecule has 0 unspecified atom stereocenters. The minimum Gasteiger partial charge on any atom is -0.337 e. The van der Waals surface area contributed by atoms with Gasteiger partial charge < -0.3 is 4.90 Å². The summed E-state index contributed by atoms with van der Waals surface area (Å²) in [6, 6.07) is 12.9. The summed E-state index contributed by atoms with van der Waals surface area (Å²) in [7, 11) is 0. The fraction of sp³-hybridized carbons (Fsp3) is 0.360. The Hall–Kier alpha value is -2.53. The molecule has 1 aromatic heterocycles. The molecular weight excluding hydrogens is 395 g/mol. The van der Waals surface area contributed by atoms with Gasteiger partial charge in [0.15, 0.2) is 0 Å².